The minimum atomic E-state index is -1.83. The van der Waals surface area contributed by atoms with Crippen LogP contribution < -0.4 is 5.32 Å². The van der Waals surface area contributed by atoms with E-state index >= 15 is 0 Å². The molecule has 2 aromatic rings. The van der Waals surface area contributed by atoms with Crippen molar-refractivity contribution in [1.29, 1.82) is 0 Å². The average molecular weight is 398 g/mol. The average Bonchev–Trinajstić information content (AvgIpc) is 2.89. The number of aliphatic hydroxyl groups is 5. The smallest absolute Gasteiger partial charge is 0.257 e. The maximum absolute atomic E-state index is 12.9. The van der Waals surface area contributed by atoms with Gasteiger partial charge in [-0.1, -0.05) is 42.5 Å². The van der Waals surface area contributed by atoms with Crippen molar-refractivity contribution in [1.82, 2.24) is 0 Å². The summed E-state index contributed by atoms with van der Waals surface area (Å²) < 4.78 is 0. The van der Waals surface area contributed by atoms with Crippen molar-refractivity contribution < 1.29 is 30.3 Å². The largest absolute Gasteiger partial charge is 0.394 e. The second-order valence-electron chi connectivity index (χ2n) is 6.60. The Bertz CT molecular complexity index is 928. The number of carbonyl (C=O) groups is 1. The lowest BCUT2D eigenvalue weighted by Gasteiger charge is -2.24. The van der Waals surface area contributed by atoms with Crippen LogP contribution >= 0.6 is 0 Å². The fourth-order valence-electron chi connectivity index (χ4n) is 2.93. The van der Waals surface area contributed by atoms with Crippen LogP contribution in [0.1, 0.15) is 5.56 Å². The summed E-state index contributed by atoms with van der Waals surface area (Å²) in [7, 11) is 0. The summed E-state index contributed by atoms with van der Waals surface area (Å²) in [5.74, 6) is -0.555. The second-order valence-corrected chi connectivity index (χ2v) is 6.60. The van der Waals surface area contributed by atoms with Gasteiger partial charge in [-0.25, -0.2) is 4.99 Å². The number of nitrogens with zero attached hydrogens (tertiary/aromatic N) is 1. The number of aliphatic imine (C=N–C) groups is 1. The van der Waals surface area contributed by atoms with Crippen molar-refractivity contribution in [3.63, 3.8) is 0 Å². The Labute approximate surface area is 167 Å². The molecule has 4 atom stereocenters. The van der Waals surface area contributed by atoms with E-state index in [9.17, 15) is 25.2 Å². The molecule has 0 bridgehead atoms. The molecule has 0 saturated carbocycles. The zero-order valence-electron chi connectivity index (χ0n) is 15.4. The standard InChI is InChI=1S/C21H22N2O6/c24-11-17(26)20(28)19(27)16(25)10-13-18(12-6-2-1-3-7-12)22-14-8-4-5-9-15(14)23-21(13)29/h1-10,16-17,19-20,24-28H,11H2,(H,23,29)/b13-10-/t16-,17+,19-,20+/m0/s1. The van der Waals surface area contributed by atoms with E-state index in [1.165, 1.54) is 0 Å². The van der Waals surface area contributed by atoms with Crippen molar-refractivity contribution >= 4 is 23.0 Å². The number of benzene rings is 2. The molecule has 8 nitrogen and oxygen atoms in total. The summed E-state index contributed by atoms with van der Waals surface area (Å²) in [6, 6.07) is 15.8. The SMILES string of the molecule is O=C1Nc2ccccc2N=C(c2ccccc2)/C1=C/[C@H](O)[C@H](O)[C@H](O)[C@H](O)CO. The molecule has 1 aliphatic heterocycles. The van der Waals surface area contributed by atoms with Gasteiger partial charge in [-0.3, -0.25) is 4.79 Å². The zero-order valence-corrected chi connectivity index (χ0v) is 15.4. The van der Waals surface area contributed by atoms with Crippen molar-refractivity contribution in [2.45, 2.75) is 24.4 Å². The number of rotatable bonds is 6. The molecule has 0 unspecified atom stereocenters. The second kappa shape index (κ2) is 9.08. The third kappa shape index (κ3) is 4.58. The highest BCUT2D eigenvalue weighted by Crippen LogP contribution is 2.30. The zero-order chi connectivity index (χ0) is 21.0. The lowest BCUT2D eigenvalue weighted by molar-refractivity contribution is -0.113. The quantitative estimate of drug-likeness (QED) is 0.382. The molecule has 1 amide bonds. The Morgan fingerprint density at radius 2 is 1.59 bits per heavy atom. The van der Waals surface area contributed by atoms with Crippen molar-refractivity contribution in [3.05, 3.63) is 71.8 Å². The van der Waals surface area contributed by atoms with Gasteiger partial charge in [-0.2, -0.15) is 0 Å². The minimum absolute atomic E-state index is 0.00959. The molecule has 0 fully saturated rings. The molecular weight excluding hydrogens is 376 g/mol. The van der Waals surface area contributed by atoms with Gasteiger partial charge < -0.3 is 30.8 Å². The summed E-state index contributed by atoms with van der Waals surface area (Å²) in [6.07, 6.45) is -5.92. The Balaban J connectivity index is 2.05. The molecular formula is C21H22N2O6. The highest BCUT2D eigenvalue weighted by molar-refractivity contribution is 6.32. The van der Waals surface area contributed by atoms with E-state index in [0.29, 0.717) is 16.9 Å². The van der Waals surface area contributed by atoms with Crippen LogP contribution in [0.25, 0.3) is 0 Å². The third-order valence-electron chi connectivity index (χ3n) is 4.55. The van der Waals surface area contributed by atoms with Gasteiger partial charge in [0.05, 0.1) is 29.3 Å². The van der Waals surface area contributed by atoms with Crippen LogP contribution in [-0.2, 0) is 4.79 Å². The maximum Gasteiger partial charge on any atom is 0.257 e. The summed E-state index contributed by atoms with van der Waals surface area (Å²) in [6.45, 7) is -0.798. The van der Waals surface area contributed by atoms with E-state index < -0.39 is 36.9 Å². The Morgan fingerprint density at radius 3 is 2.28 bits per heavy atom. The Morgan fingerprint density at radius 1 is 0.931 bits per heavy atom. The molecule has 1 aliphatic rings. The Kier molecular flexibility index (Phi) is 6.53. The molecule has 29 heavy (non-hydrogen) atoms. The summed E-state index contributed by atoms with van der Waals surface area (Å²) >= 11 is 0. The molecule has 0 radical (unpaired) electrons. The van der Waals surface area contributed by atoms with Gasteiger partial charge >= 0.3 is 0 Å². The highest BCUT2D eigenvalue weighted by atomic mass is 16.4. The first kappa shape index (κ1) is 20.8. The molecule has 6 N–H and O–H groups in total. The van der Waals surface area contributed by atoms with Gasteiger partial charge in [0.15, 0.2) is 0 Å². The van der Waals surface area contributed by atoms with Crippen LogP contribution in [0.15, 0.2) is 71.2 Å². The van der Waals surface area contributed by atoms with E-state index in [1.807, 2.05) is 6.07 Å². The van der Waals surface area contributed by atoms with Crippen molar-refractivity contribution in [2.75, 3.05) is 11.9 Å². The molecule has 2 aromatic carbocycles. The molecule has 152 valence electrons. The number of para-hydroxylation sites is 2. The first-order valence-corrected chi connectivity index (χ1v) is 9.02. The van der Waals surface area contributed by atoms with Crippen LogP contribution in [0.4, 0.5) is 11.4 Å². The van der Waals surface area contributed by atoms with Crippen LogP contribution in [0.2, 0.25) is 0 Å². The topological polar surface area (TPSA) is 143 Å². The number of nitrogens with one attached hydrogen (secondary N) is 1. The number of fused-ring (bicyclic) bond motifs is 1. The van der Waals surface area contributed by atoms with Gasteiger partial charge in [-0.15, -0.1) is 0 Å². The number of anilines is 1. The molecule has 0 saturated heterocycles. The predicted molar refractivity (Wildman–Crippen MR) is 107 cm³/mol. The maximum atomic E-state index is 12.9. The van der Waals surface area contributed by atoms with E-state index in [0.717, 1.165) is 6.08 Å². The van der Waals surface area contributed by atoms with Crippen LogP contribution in [0.5, 0.6) is 0 Å². The van der Waals surface area contributed by atoms with E-state index in [2.05, 4.69) is 10.3 Å². The minimum Gasteiger partial charge on any atom is -0.394 e. The molecule has 3 rings (SSSR count). The normalized spacial score (nSPS) is 19.4. The number of hydrogen-bond donors (Lipinski definition) is 6. The van der Waals surface area contributed by atoms with E-state index in [4.69, 9.17) is 5.11 Å². The summed E-state index contributed by atoms with van der Waals surface area (Å²) in [5, 5.41) is 51.5. The predicted octanol–water partition coefficient (Wildman–Crippen LogP) is 0.122. The Hall–Kier alpha value is -2.88. The highest BCUT2D eigenvalue weighted by Gasteiger charge is 2.31. The van der Waals surface area contributed by atoms with Gasteiger partial charge in [0.1, 0.15) is 24.4 Å². The molecule has 0 aliphatic carbocycles. The third-order valence-corrected chi connectivity index (χ3v) is 4.55. The van der Waals surface area contributed by atoms with E-state index in [1.54, 1.807) is 48.5 Å². The monoisotopic (exact) mass is 398 g/mol. The van der Waals surface area contributed by atoms with Gasteiger partial charge in [0.2, 0.25) is 0 Å². The van der Waals surface area contributed by atoms with Crippen LogP contribution in [0, 0.1) is 0 Å². The molecule has 0 spiro atoms. The fourth-order valence-corrected chi connectivity index (χ4v) is 2.93. The number of carbonyl (C=O) groups excluding carboxylic acids is 1. The van der Waals surface area contributed by atoms with Crippen LogP contribution in [0.3, 0.4) is 0 Å². The first-order chi connectivity index (χ1) is 13.9. The molecule has 8 heteroatoms. The molecule has 1 heterocycles. The molecule has 0 aromatic heterocycles. The number of amides is 1. The van der Waals surface area contributed by atoms with Crippen LogP contribution in [-0.4, -0.2) is 68.2 Å². The first-order valence-electron chi connectivity index (χ1n) is 9.02. The van der Waals surface area contributed by atoms with Gasteiger partial charge in [0.25, 0.3) is 5.91 Å². The van der Waals surface area contributed by atoms with Crippen molar-refractivity contribution in [3.8, 4) is 0 Å². The van der Waals surface area contributed by atoms with Crippen molar-refractivity contribution in [2.24, 2.45) is 4.99 Å². The lowest BCUT2D eigenvalue weighted by atomic mass is 9.96. The lowest BCUT2D eigenvalue weighted by Crippen LogP contribution is -2.45. The summed E-state index contributed by atoms with van der Waals surface area (Å²) in [5.41, 5.74) is 1.89. The summed E-state index contributed by atoms with van der Waals surface area (Å²) in [4.78, 5) is 17.4. The fraction of sp³-hybridized carbons (Fsp3) is 0.238. The van der Waals surface area contributed by atoms with E-state index in [-0.39, 0.29) is 11.3 Å². The van der Waals surface area contributed by atoms with Gasteiger partial charge in [0, 0.05) is 5.56 Å². The number of aliphatic hydroxyl groups excluding tert-OH is 5. The number of hydrogen-bond acceptors (Lipinski definition) is 7. The van der Waals surface area contributed by atoms with Gasteiger partial charge in [-0.05, 0) is 18.2 Å².